The minimum atomic E-state index is -0.330. The quantitative estimate of drug-likeness (QED) is 0.634. The van der Waals surface area contributed by atoms with Gasteiger partial charge in [-0.15, -0.1) is 0 Å². The van der Waals surface area contributed by atoms with E-state index in [4.69, 9.17) is 0 Å². The molecular formula is C14H23N3O2. The molecule has 1 N–H and O–H groups in total. The first-order valence-electron chi connectivity index (χ1n) is 6.72. The average molecular weight is 265 g/mol. The van der Waals surface area contributed by atoms with Crippen molar-refractivity contribution in [2.75, 3.05) is 6.54 Å². The topological polar surface area (TPSA) is 68.1 Å². The third-order valence-electron chi connectivity index (χ3n) is 3.33. The first kappa shape index (κ1) is 15.6. The zero-order valence-electron chi connectivity index (χ0n) is 12.3. The molecule has 2 atom stereocenters. The highest BCUT2D eigenvalue weighted by Crippen LogP contribution is 2.33. The molecule has 0 spiro atoms. The number of hydrogen-bond acceptors (Lipinski definition) is 4. The van der Waals surface area contributed by atoms with Crippen molar-refractivity contribution in [1.82, 2.24) is 10.3 Å². The van der Waals surface area contributed by atoms with Crippen LogP contribution < -0.4 is 5.32 Å². The number of likely N-dealkylation sites (N-methyl/N-ethyl adjacent to an activating group) is 1. The van der Waals surface area contributed by atoms with E-state index in [1.165, 1.54) is 0 Å². The first-order chi connectivity index (χ1) is 8.88. The van der Waals surface area contributed by atoms with E-state index in [0.29, 0.717) is 5.69 Å². The van der Waals surface area contributed by atoms with Gasteiger partial charge in [-0.05, 0) is 31.9 Å². The van der Waals surface area contributed by atoms with E-state index in [0.717, 1.165) is 12.1 Å². The van der Waals surface area contributed by atoms with Gasteiger partial charge in [-0.2, -0.15) is 0 Å². The fourth-order valence-corrected chi connectivity index (χ4v) is 2.55. The second-order valence-electron chi connectivity index (χ2n) is 5.29. The predicted octanol–water partition coefficient (Wildman–Crippen LogP) is 3.04. The molecule has 2 unspecified atom stereocenters. The highest BCUT2D eigenvalue weighted by molar-refractivity contribution is 5.40. The molecule has 19 heavy (non-hydrogen) atoms. The summed E-state index contributed by atoms with van der Waals surface area (Å²) in [5.74, 6) is 0.309. The summed E-state index contributed by atoms with van der Waals surface area (Å²) >= 11 is 0. The molecule has 0 fully saturated rings. The highest BCUT2D eigenvalue weighted by Gasteiger charge is 2.30. The van der Waals surface area contributed by atoms with Crippen LogP contribution in [0.3, 0.4) is 0 Å². The zero-order chi connectivity index (χ0) is 14.6. The second-order valence-corrected chi connectivity index (χ2v) is 5.29. The Balaban J connectivity index is 3.26. The normalized spacial score (nSPS) is 14.4. The van der Waals surface area contributed by atoms with Crippen LogP contribution in [0.2, 0.25) is 0 Å². The van der Waals surface area contributed by atoms with E-state index in [1.807, 2.05) is 13.8 Å². The molecule has 0 radical (unpaired) electrons. The molecule has 1 aromatic rings. The minimum absolute atomic E-state index is 0.0287. The molecule has 0 amide bonds. The van der Waals surface area contributed by atoms with Crippen LogP contribution >= 0.6 is 0 Å². The van der Waals surface area contributed by atoms with Crippen LogP contribution in [-0.4, -0.2) is 22.5 Å². The van der Waals surface area contributed by atoms with Gasteiger partial charge in [-0.1, -0.05) is 20.8 Å². The largest absolute Gasteiger partial charge is 0.314 e. The van der Waals surface area contributed by atoms with Crippen molar-refractivity contribution in [3.05, 3.63) is 33.6 Å². The number of nitrogens with zero attached hydrogens (tertiary/aromatic N) is 2. The average Bonchev–Trinajstić information content (AvgIpc) is 2.31. The lowest BCUT2D eigenvalue weighted by atomic mass is 9.85. The molecule has 1 rings (SSSR count). The first-order valence-corrected chi connectivity index (χ1v) is 6.72. The number of aromatic nitrogens is 1. The van der Waals surface area contributed by atoms with E-state index in [9.17, 15) is 10.1 Å². The summed E-state index contributed by atoms with van der Waals surface area (Å²) in [6.07, 6.45) is 1.70. The van der Waals surface area contributed by atoms with E-state index < -0.39 is 0 Å². The number of rotatable bonds is 6. The Kier molecular flexibility index (Phi) is 5.42. The minimum Gasteiger partial charge on any atom is -0.314 e. The Morgan fingerprint density at radius 2 is 2.05 bits per heavy atom. The van der Waals surface area contributed by atoms with Gasteiger partial charge in [0.2, 0.25) is 0 Å². The van der Waals surface area contributed by atoms with Gasteiger partial charge in [0.15, 0.2) is 0 Å². The summed E-state index contributed by atoms with van der Waals surface area (Å²) in [5.41, 5.74) is 1.52. The van der Waals surface area contributed by atoms with Gasteiger partial charge >= 0.3 is 0 Å². The van der Waals surface area contributed by atoms with Crippen LogP contribution in [0, 0.1) is 23.0 Å². The molecule has 0 aromatic carbocycles. The summed E-state index contributed by atoms with van der Waals surface area (Å²) in [6.45, 7) is 10.9. The number of aryl methyl sites for hydroxylation is 1. The maximum Gasteiger partial charge on any atom is 0.291 e. The van der Waals surface area contributed by atoms with Crippen molar-refractivity contribution in [2.45, 2.75) is 46.6 Å². The molecule has 106 valence electrons. The van der Waals surface area contributed by atoms with E-state index >= 15 is 0 Å². The highest BCUT2D eigenvalue weighted by atomic mass is 16.6. The van der Waals surface area contributed by atoms with Crippen LogP contribution in [0.25, 0.3) is 0 Å². The van der Waals surface area contributed by atoms with Crippen LogP contribution in [0.15, 0.2) is 12.3 Å². The van der Waals surface area contributed by atoms with Gasteiger partial charge < -0.3 is 5.32 Å². The molecule has 0 saturated heterocycles. The van der Waals surface area contributed by atoms with Crippen LogP contribution in [0.5, 0.6) is 0 Å². The lowest BCUT2D eigenvalue weighted by Gasteiger charge is -2.27. The molecule has 0 aliphatic rings. The fourth-order valence-electron chi connectivity index (χ4n) is 2.55. The zero-order valence-corrected chi connectivity index (χ0v) is 12.3. The monoisotopic (exact) mass is 265 g/mol. The molecule has 0 saturated carbocycles. The summed E-state index contributed by atoms with van der Waals surface area (Å²) in [4.78, 5) is 15.2. The summed E-state index contributed by atoms with van der Waals surface area (Å²) < 4.78 is 0. The van der Waals surface area contributed by atoms with Crippen molar-refractivity contribution in [1.29, 1.82) is 0 Å². The summed E-state index contributed by atoms with van der Waals surface area (Å²) in [5, 5.41) is 14.6. The van der Waals surface area contributed by atoms with Gasteiger partial charge in [0, 0.05) is 24.2 Å². The SMILES string of the molecule is CCNC(C)C(c1ncc(C)cc1[N+](=O)[O-])C(C)C. The molecule has 0 aliphatic carbocycles. The number of hydrogen-bond donors (Lipinski definition) is 1. The molecule has 1 aromatic heterocycles. The molecule has 0 aliphatic heterocycles. The molecular weight excluding hydrogens is 242 g/mol. The van der Waals surface area contributed by atoms with Crippen molar-refractivity contribution >= 4 is 5.69 Å². The fraction of sp³-hybridized carbons (Fsp3) is 0.643. The van der Waals surface area contributed by atoms with Gasteiger partial charge in [0.1, 0.15) is 5.69 Å². The van der Waals surface area contributed by atoms with Crippen LogP contribution in [-0.2, 0) is 0 Å². The second kappa shape index (κ2) is 6.61. The summed E-state index contributed by atoms with van der Waals surface area (Å²) in [7, 11) is 0. The van der Waals surface area contributed by atoms with E-state index in [1.54, 1.807) is 12.3 Å². The van der Waals surface area contributed by atoms with Gasteiger partial charge in [-0.25, -0.2) is 0 Å². The lowest BCUT2D eigenvalue weighted by molar-refractivity contribution is -0.386. The predicted molar refractivity (Wildman–Crippen MR) is 76.3 cm³/mol. The van der Waals surface area contributed by atoms with E-state index in [2.05, 4.69) is 31.1 Å². The smallest absolute Gasteiger partial charge is 0.291 e. The Labute approximate surface area is 114 Å². The number of nitro groups is 1. The van der Waals surface area contributed by atoms with Crippen molar-refractivity contribution in [3.63, 3.8) is 0 Å². The molecule has 0 bridgehead atoms. The Morgan fingerprint density at radius 1 is 1.42 bits per heavy atom. The standard InChI is InChI=1S/C14H23N3O2/c1-6-15-11(5)13(9(2)3)14-12(17(18)19)7-10(4)8-16-14/h7-9,11,13,15H,6H2,1-5H3. The third-order valence-corrected chi connectivity index (χ3v) is 3.33. The van der Waals surface area contributed by atoms with Crippen LogP contribution in [0.4, 0.5) is 5.69 Å². The maximum absolute atomic E-state index is 11.2. The Morgan fingerprint density at radius 3 is 2.53 bits per heavy atom. The maximum atomic E-state index is 11.2. The number of nitrogens with one attached hydrogen (secondary N) is 1. The summed E-state index contributed by atoms with van der Waals surface area (Å²) in [6, 6.07) is 1.76. The molecule has 1 heterocycles. The third kappa shape index (κ3) is 3.73. The van der Waals surface area contributed by atoms with Crippen molar-refractivity contribution < 1.29 is 4.92 Å². The van der Waals surface area contributed by atoms with Gasteiger partial charge in [-0.3, -0.25) is 15.1 Å². The lowest BCUT2D eigenvalue weighted by Crippen LogP contribution is -2.35. The Hall–Kier alpha value is -1.49. The van der Waals surface area contributed by atoms with Gasteiger partial charge in [0.25, 0.3) is 5.69 Å². The van der Waals surface area contributed by atoms with Gasteiger partial charge in [0.05, 0.1) is 4.92 Å². The molecule has 5 nitrogen and oxygen atoms in total. The van der Waals surface area contributed by atoms with E-state index in [-0.39, 0.29) is 28.5 Å². The Bertz CT molecular complexity index is 446. The number of pyridine rings is 1. The van der Waals surface area contributed by atoms with Crippen molar-refractivity contribution in [3.8, 4) is 0 Å². The van der Waals surface area contributed by atoms with Crippen molar-refractivity contribution in [2.24, 2.45) is 5.92 Å². The van der Waals surface area contributed by atoms with Crippen LogP contribution in [0.1, 0.15) is 44.9 Å². The molecule has 5 heteroatoms.